The average molecular weight is 358 g/mol. The van der Waals surface area contributed by atoms with Crippen molar-refractivity contribution in [2.45, 2.75) is 6.54 Å². The summed E-state index contributed by atoms with van der Waals surface area (Å²) in [7, 11) is 1.57. The first-order valence-electron chi connectivity index (χ1n) is 7.40. The Labute approximate surface area is 146 Å². The molecule has 0 atom stereocenters. The van der Waals surface area contributed by atoms with Gasteiger partial charge in [-0.2, -0.15) is 4.98 Å². The van der Waals surface area contributed by atoms with E-state index in [4.69, 9.17) is 25.3 Å². The van der Waals surface area contributed by atoms with Crippen molar-refractivity contribution < 1.29 is 13.7 Å². The van der Waals surface area contributed by atoms with E-state index in [1.54, 1.807) is 25.3 Å². The number of methoxy groups -OCH3 is 1. The standard InChI is InChI=1S/C17H12ClN3O4/c1-23-13-5-3-2-4-11(13)16-19-15(25-20-16)9-21-12-7-6-10(18)8-14(12)24-17(21)22/h2-8H,9H2,1H3. The molecule has 0 amide bonds. The highest BCUT2D eigenvalue weighted by molar-refractivity contribution is 6.31. The number of benzene rings is 2. The lowest BCUT2D eigenvalue weighted by Gasteiger charge is -2.03. The molecule has 0 unspecified atom stereocenters. The molecule has 0 spiro atoms. The Balaban J connectivity index is 1.70. The van der Waals surface area contributed by atoms with Crippen LogP contribution < -0.4 is 10.5 Å². The molecule has 0 aliphatic rings. The van der Waals surface area contributed by atoms with Crippen LogP contribution in [0.1, 0.15) is 5.89 Å². The van der Waals surface area contributed by atoms with E-state index in [1.807, 2.05) is 24.3 Å². The van der Waals surface area contributed by atoms with Gasteiger partial charge in [-0.3, -0.25) is 4.57 Å². The molecule has 0 saturated carbocycles. The van der Waals surface area contributed by atoms with Crippen molar-refractivity contribution >= 4 is 22.7 Å². The van der Waals surface area contributed by atoms with Crippen LogP contribution in [0.2, 0.25) is 5.02 Å². The van der Waals surface area contributed by atoms with Gasteiger partial charge < -0.3 is 13.7 Å². The molecular weight excluding hydrogens is 346 g/mol. The Hall–Kier alpha value is -3.06. The van der Waals surface area contributed by atoms with Crippen molar-refractivity contribution in [1.29, 1.82) is 0 Å². The summed E-state index contributed by atoms with van der Waals surface area (Å²) in [5, 5.41) is 4.46. The average Bonchev–Trinajstić information content (AvgIpc) is 3.20. The van der Waals surface area contributed by atoms with Gasteiger partial charge in [0.2, 0.25) is 11.7 Å². The molecule has 2 aromatic carbocycles. The van der Waals surface area contributed by atoms with Gasteiger partial charge in [0, 0.05) is 11.1 Å². The number of fused-ring (bicyclic) bond motifs is 1. The van der Waals surface area contributed by atoms with Gasteiger partial charge in [0.1, 0.15) is 12.3 Å². The fourth-order valence-electron chi connectivity index (χ4n) is 2.58. The number of hydrogen-bond acceptors (Lipinski definition) is 6. The maximum atomic E-state index is 12.1. The third-order valence-corrected chi connectivity index (χ3v) is 3.97. The molecule has 4 aromatic rings. The fraction of sp³-hybridized carbons (Fsp3) is 0.118. The van der Waals surface area contributed by atoms with Crippen molar-refractivity contribution in [3.8, 4) is 17.1 Å². The van der Waals surface area contributed by atoms with Crippen LogP contribution in [-0.4, -0.2) is 21.8 Å². The number of oxazole rings is 1. The van der Waals surface area contributed by atoms with Crippen molar-refractivity contribution in [3.63, 3.8) is 0 Å². The fourth-order valence-corrected chi connectivity index (χ4v) is 2.75. The Morgan fingerprint density at radius 1 is 1.24 bits per heavy atom. The highest BCUT2D eigenvalue weighted by Gasteiger charge is 2.16. The molecule has 7 nitrogen and oxygen atoms in total. The first kappa shape index (κ1) is 15.5. The van der Waals surface area contributed by atoms with E-state index in [0.29, 0.717) is 33.3 Å². The number of halogens is 1. The molecule has 8 heteroatoms. The molecule has 0 bridgehead atoms. The normalized spacial score (nSPS) is 11.1. The summed E-state index contributed by atoms with van der Waals surface area (Å²) in [5.74, 6) is 0.779. The predicted molar refractivity (Wildman–Crippen MR) is 90.9 cm³/mol. The van der Waals surface area contributed by atoms with Crippen LogP contribution >= 0.6 is 11.6 Å². The van der Waals surface area contributed by atoms with Crippen LogP contribution in [0.4, 0.5) is 0 Å². The number of aromatic nitrogens is 3. The zero-order valence-electron chi connectivity index (χ0n) is 13.1. The van der Waals surface area contributed by atoms with Gasteiger partial charge in [-0.05, 0) is 24.3 Å². The maximum Gasteiger partial charge on any atom is 0.420 e. The smallest absolute Gasteiger partial charge is 0.420 e. The zero-order chi connectivity index (χ0) is 17.4. The Bertz CT molecular complexity index is 1110. The summed E-state index contributed by atoms with van der Waals surface area (Å²) in [6, 6.07) is 12.3. The number of rotatable bonds is 4. The topological polar surface area (TPSA) is 83.3 Å². The van der Waals surface area contributed by atoms with Gasteiger partial charge in [-0.25, -0.2) is 4.79 Å². The van der Waals surface area contributed by atoms with E-state index < -0.39 is 5.76 Å². The van der Waals surface area contributed by atoms with Gasteiger partial charge in [0.15, 0.2) is 5.58 Å². The number of ether oxygens (including phenoxy) is 1. The maximum absolute atomic E-state index is 12.1. The third-order valence-electron chi connectivity index (χ3n) is 3.74. The Morgan fingerprint density at radius 3 is 2.92 bits per heavy atom. The quantitative estimate of drug-likeness (QED) is 0.557. The van der Waals surface area contributed by atoms with Gasteiger partial charge >= 0.3 is 5.76 Å². The van der Waals surface area contributed by atoms with Gasteiger partial charge in [0.05, 0.1) is 18.2 Å². The SMILES string of the molecule is COc1ccccc1-c1noc(Cn2c(=O)oc3cc(Cl)ccc32)n1. The third kappa shape index (κ3) is 2.78. The molecule has 25 heavy (non-hydrogen) atoms. The molecule has 0 saturated heterocycles. The van der Waals surface area contributed by atoms with E-state index in [1.165, 1.54) is 4.57 Å². The molecule has 126 valence electrons. The largest absolute Gasteiger partial charge is 0.496 e. The molecule has 0 radical (unpaired) electrons. The van der Waals surface area contributed by atoms with Gasteiger partial charge in [-0.15, -0.1) is 0 Å². The Kier molecular flexibility index (Phi) is 3.77. The number of hydrogen-bond donors (Lipinski definition) is 0. The minimum Gasteiger partial charge on any atom is -0.496 e. The summed E-state index contributed by atoms with van der Waals surface area (Å²) in [6.07, 6.45) is 0. The molecular formula is C17H12ClN3O4. The monoisotopic (exact) mass is 357 g/mol. The second-order valence-electron chi connectivity index (χ2n) is 5.28. The first-order chi connectivity index (χ1) is 12.2. The van der Waals surface area contributed by atoms with Crippen molar-refractivity contribution in [1.82, 2.24) is 14.7 Å². The van der Waals surface area contributed by atoms with E-state index in [0.717, 1.165) is 0 Å². The van der Waals surface area contributed by atoms with Crippen LogP contribution in [0.5, 0.6) is 5.75 Å². The lowest BCUT2D eigenvalue weighted by atomic mass is 10.2. The first-order valence-corrected chi connectivity index (χ1v) is 7.78. The van der Waals surface area contributed by atoms with E-state index >= 15 is 0 Å². The second kappa shape index (κ2) is 6.10. The number of para-hydroxylation sites is 1. The molecule has 2 heterocycles. The molecule has 4 rings (SSSR count). The van der Waals surface area contributed by atoms with Crippen LogP contribution in [-0.2, 0) is 6.54 Å². The van der Waals surface area contributed by atoms with Crippen molar-refractivity contribution in [3.05, 3.63) is 63.9 Å². The number of nitrogens with zero attached hydrogens (tertiary/aromatic N) is 3. The van der Waals surface area contributed by atoms with E-state index in [9.17, 15) is 4.79 Å². The minimum absolute atomic E-state index is 0.0929. The van der Waals surface area contributed by atoms with E-state index in [-0.39, 0.29) is 12.4 Å². The molecule has 0 N–H and O–H groups in total. The summed E-state index contributed by atoms with van der Waals surface area (Å²) in [6.45, 7) is 0.0929. The van der Waals surface area contributed by atoms with Crippen LogP contribution in [0.15, 0.2) is 56.2 Å². The van der Waals surface area contributed by atoms with Crippen LogP contribution in [0.25, 0.3) is 22.5 Å². The lowest BCUT2D eigenvalue weighted by Crippen LogP contribution is -2.15. The second-order valence-corrected chi connectivity index (χ2v) is 5.71. The van der Waals surface area contributed by atoms with Crippen LogP contribution in [0.3, 0.4) is 0 Å². The Morgan fingerprint density at radius 2 is 2.08 bits per heavy atom. The van der Waals surface area contributed by atoms with Crippen molar-refractivity contribution in [2.75, 3.05) is 7.11 Å². The predicted octanol–water partition coefficient (Wildman–Crippen LogP) is 3.35. The summed E-state index contributed by atoms with van der Waals surface area (Å²) in [4.78, 5) is 16.4. The van der Waals surface area contributed by atoms with Crippen molar-refractivity contribution in [2.24, 2.45) is 0 Å². The lowest BCUT2D eigenvalue weighted by molar-refractivity contribution is 0.366. The highest BCUT2D eigenvalue weighted by Crippen LogP contribution is 2.27. The zero-order valence-corrected chi connectivity index (χ0v) is 13.9. The van der Waals surface area contributed by atoms with Gasteiger partial charge in [-0.1, -0.05) is 28.9 Å². The minimum atomic E-state index is -0.519. The van der Waals surface area contributed by atoms with Crippen LogP contribution in [0, 0.1) is 0 Å². The molecule has 0 aliphatic carbocycles. The highest BCUT2D eigenvalue weighted by atomic mass is 35.5. The molecule has 0 fully saturated rings. The summed E-state index contributed by atoms with van der Waals surface area (Å²) in [5.41, 5.74) is 1.71. The van der Waals surface area contributed by atoms with E-state index in [2.05, 4.69) is 10.1 Å². The molecule has 2 aromatic heterocycles. The summed E-state index contributed by atoms with van der Waals surface area (Å²) >= 11 is 5.92. The van der Waals surface area contributed by atoms with Gasteiger partial charge in [0.25, 0.3) is 0 Å². The molecule has 0 aliphatic heterocycles. The summed E-state index contributed by atoms with van der Waals surface area (Å²) < 4.78 is 17.2.